The molecular formula is C18H30N2O. The van der Waals surface area contributed by atoms with Crippen molar-refractivity contribution in [2.24, 2.45) is 0 Å². The minimum atomic E-state index is 0.425. The molecule has 3 heteroatoms. The maximum absolute atomic E-state index is 5.43. The highest BCUT2D eigenvalue weighted by Gasteiger charge is 2.21. The van der Waals surface area contributed by atoms with Crippen LogP contribution in [0, 0.1) is 0 Å². The lowest BCUT2D eigenvalue weighted by Crippen LogP contribution is -2.22. The lowest BCUT2D eigenvalue weighted by molar-refractivity contribution is 0.107. The van der Waals surface area contributed by atoms with Gasteiger partial charge in [0.05, 0.1) is 6.10 Å². The molecule has 21 heavy (non-hydrogen) atoms. The van der Waals surface area contributed by atoms with Crippen molar-refractivity contribution < 1.29 is 4.74 Å². The zero-order valence-electron chi connectivity index (χ0n) is 13.8. The Morgan fingerprint density at radius 3 is 2.71 bits per heavy atom. The lowest BCUT2D eigenvalue weighted by atomic mass is 9.99. The Kier molecular flexibility index (Phi) is 6.68. The Balaban J connectivity index is 1.81. The van der Waals surface area contributed by atoms with Gasteiger partial charge < -0.3 is 10.1 Å². The van der Waals surface area contributed by atoms with Crippen molar-refractivity contribution in [3.8, 4) is 0 Å². The Hall–Kier alpha value is -0.900. The topological polar surface area (TPSA) is 24.5 Å². The van der Waals surface area contributed by atoms with Crippen molar-refractivity contribution in [2.45, 2.75) is 45.3 Å². The van der Waals surface area contributed by atoms with Gasteiger partial charge in [0.15, 0.2) is 0 Å². The summed E-state index contributed by atoms with van der Waals surface area (Å²) in [4.78, 5) is 2.48. The van der Waals surface area contributed by atoms with Crippen LogP contribution in [0.25, 0.3) is 0 Å². The number of likely N-dealkylation sites (tertiary alicyclic amines) is 1. The molecule has 0 aliphatic carbocycles. The second-order valence-electron chi connectivity index (χ2n) is 6.23. The number of methoxy groups -OCH3 is 1. The fourth-order valence-corrected chi connectivity index (χ4v) is 2.96. The Morgan fingerprint density at radius 1 is 1.33 bits per heavy atom. The maximum Gasteiger partial charge on any atom is 0.0710 e. The summed E-state index contributed by atoms with van der Waals surface area (Å²) in [5, 5.41) is 3.50. The van der Waals surface area contributed by atoms with E-state index in [-0.39, 0.29) is 0 Å². The van der Waals surface area contributed by atoms with Crippen molar-refractivity contribution in [2.75, 3.05) is 33.3 Å². The molecule has 0 bridgehead atoms. The summed E-state index contributed by atoms with van der Waals surface area (Å²) < 4.78 is 5.43. The van der Waals surface area contributed by atoms with E-state index in [9.17, 15) is 0 Å². The summed E-state index contributed by atoms with van der Waals surface area (Å²) in [6, 6.07) is 9.15. The molecule has 1 N–H and O–H groups in total. The van der Waals surface area contributed by atoms with Gasteiger partial charge in [-0.05, 0) is 36.4 Å². The molecule has 0 aromatic heterocycles. The predicted molar refractivity (Wildman–Crippen MR) is 88.7 cm³/mol. The molecule has 118 valence electrons. The molecule has 1 heterocycles. The van der Waals surface area contributed by atoms with Crippen molar-refractivity contribution in [1.29, 1.82) is 0 Å². The molecule has 1 aliphatic heterocycles. The second-order valence-corrected chi connectivity index (χ2v) is 6.23. The van der Waals surface area contributed by atoms with Gasteiger partial charge in [-0.1, -0.05) is 38.1 Å². The first kappa shape index (κ1) is 16.5. The molecule has 2 atom stereocenters. The van der Waals surface area contributed by atoms with Gasteiger partial charge in [-0.15, -0.1) is 0 Å². The third-order valence-electron chi connectivity index (χ3n) is 4.39. The first-order valence-corrected chi connectivity index (χ1v) is 8.27. The Labute approximate surface area is 129 Å². The van der Waals surface area contributed by atoms with E-state index in [2.05, 4.69) is 48.3 Å². The average molecular weight is 290 g/mol. The minimum Gasteiger partial charge on any atom is -0.380 e. The number of hydrogen-bond acceptors (Lipinski definition) is 3. The standard InChI is InChI=1S/C18H30N2O/c1-4-10-19-12-15(2)17-7-5-16(6-8-17)13-20-11-9-18(14-20)21-3/h5-8,15,18-19H,4,9-14H2,1-3H3. The van der Waals surface area contributed by atoms with Crippen molar-refractivity contribution >= 4 is 0 Å². The van der Waals surface area contributed by atoms with Crippen LogP contribution in [0.2, 0.25) is 0 Å². The normalized spacial score (nSPS) is 20.8. The first-order chi connectivity index (χ1) is 10.2. The minimum absolute atomic E-state index is 0.425. The van der Waals surface area contributed by atoms with Gasteiger partial charge >= 0.3 is 0 Å². The highest BCUT2D eigenvalue weighted by molar-refractivity contribution is 5.25. The second kappa shape index (κ2) is 8.52. The van der Waals surface area contributed by atoms with Crippen LogP contribution in [0.1, 0.15) is 43.7 Å². The van der Waals surface area contributed by atoms with E-state index in [1.807, 2.05) is 7.11 Å². The van der Waals surface area contributed by atoms with Crippen LogP contribution in [0.5, 0.6) is 0 Å². The van der Waals surface area contributed by atoms with E-state index < -0.39 is 0 Å². The van der Waals surface area contributed by atoms with Crippen LogP contribution in [0.4, 0.5) is 0 Å². The molecule has 1 saturated heterocycles. The molecule has 1 aromatic carbocycles. The van der Waals surface area contributed by atoms with Gasteiger partial charge in [-0.25, -0.2) is 0 Å². The molecule has 1 fully saturated rings. The number of ether oxygens (including phenoxy) is 1. The smallest absolute Gasteiger partial charge is 0.0710 e. The molecule has 1 aliphatic rings. The molecule has 0 amide bonds. The summed E-state index contributed by atoms with van der Waals surface area (Å²) >= 11 is 0. The Bertz CT molecular complexity index is 404. The summed E-state index contributed by atoms with van der Waals surface area (Å²) in [7, 11) is 1.82. The summed E-state index contributed by atoms with van der Waals surface area (Å²) in [5.74, 6) is 0.579. The van der Waals surface area contributed by atoms with Gasteiger partial charge in [0, 0.05) is 33.3 Å². The molecule has 0 saturated carbocycles. The maximum atomic E-state index is 5.43. The average Bonchev–Trinajstić information content (AvgIpc) is 2.96. The fraction of sp³-hybridized carbons (Fsp3) is 0.667. The molecule has 0 radical (unpaired) electrons. The molecule has 2 rings (SSSR count). The van der Waals surface area contributed by atoms with Crippen LogP contribution in [-0.2, 0) is 11.3 Å². The summed E-state index contributed by atoms with van der Waals surface area (Å²) in [6.07, 6.45) is 2.78. The number of benzene rings is 1. The quantitative estimate of drug-likeness (QED) is 0.745. The summed E-state index contributed by atoms with van der Waals surface area (Å²) in [6.45, 7) is 9.93. The number of nitrogens with one attached hydrogen (secondary N) is 1. The zero-order chi connectivity index (χ0) is 15.1. The summed E-state index contributed by atoms with van der Waals surface area (Å²) in [5.41, 5.74) is 2.84. The Morgan fingerprint density at radius 2 is 2.10 bits per heavy atom. The lowest BCUT2D eigenvalue weighted by Gasteiger charge is -2.17. The molecule has 2 unspecified atom stereocenters. The van der Waals surface area contributed by atoms with Crippen LogP contribution < -0.4 is 5.32 Å². The number of hydrogen-bond donors (Lipinski definition) is 1. The first-order valence-electron chi connectivity index (χ1n) is 8.27. The molecule has 0 spiro atoms. The predicted octanol–water partition coefficient (Wildman–Crippen LogP) is 3.01. The number of rotatable bonds is 8. The SMILES string of the molecule is CCCNCC(C)c1ccc(CN2CCC(OC)C2)cc1. The fourth-order valence-electron chi connectivity index (χ4n) is 2.96. The van der Waals surface area contributed by atoms with E-state index in [0.717, 1.165) is 39.1 Å². The van der Waals surface area contributed by atoms with E-state index in [4.69, 9.17) is 4.74 Å². The van der Waals surface area contributed by atoms with Crippen LogP contribution in [0.3, 0.4) is 0 Å². The van der Waals surface area contributed by atoms with E-state index in [1.54, 1.807) is 0 Å². The van der Waals surface area contributed by atoms with E-state index >= 15 is 0 Å². The van der Waals surface area contributed by atoms with Gasteiger partial charge in [0.25, 0.3) is 0 Å². The van der Waals surface area contributed by atoms with Gasteiger partial charge in [0.1, 0.15) is 0 Å². The third-order valence-corrected chi connectivity index (χ3v) is 4.39. The van der Waals surface area contributed by atoms with Crippen molar-refractivity contribution in [3.05, 3.63) is 35.4 Å². The largest absolute Gasteiger partial charge is 0.380 e. The number of nitrogens with zero attached hydrogens (tertiary/aromatic N) is 1. The van der Waals surface area contributed by atoms with Crippen LogP contribution in [0.15, 0.2) is 24.3 Å². The van der Waals surface area contributed by atoms with Gasteiger partial charge in [0.2, 0.25) is 0 Å². The monoisotopic (exact) mass is 290 g/mol. The highest BCUT2D eigenvalue weighted by Crippen LogP contribution is 2.18. The molecule has 3 nitrogen and oxygen atoms in total. The third kappa shape index (κ3) is 5.10. The van der Waals surface area contributed by atoms with E-state index in [1.165, 1.54) is 17.5 Å². The van der Waals surface area contributed by atoms with Gasteiger partial charge in [-0.2, -0.15) is 0 Å². The molecular weight excluding hydrogens is 260 g/mol. The van der Waals surface area contributed by atoms with Crippen LogP contribution >= 0.6 is 0 Å². The van der Waals surface area contributed by atoms with Crippen LogP contribution in [-0.4, -0.2) is 44.3 Å². The van der Waals surface area contributed by atoms with E-state index in [0.29, 0.717) is 12.0 Å². The zero-order valence-corrected chi connectivity index (χ0v) is 13.8. The highest BCUT2D eigenvalue weighted by atomic mass is 16.5. The van der Waals surface area contributed by atoms with Crippen molar-refractivity contribution in [3.63, 3.8) is 0 Å². The molecule has 1 aromatic rings. The van der Waals surface area contributed by atoms with Crippen molar-refractivity contribution in [1.82, 2.24) is 10.2 Å². The van der Waals surface area contributed by atoms with Gasteiger partial charge in [-0.3, -0.25) is 4.90 Å².